The van der Waals surface area contributed by atoms with E-state index in [0.29, 0.717) is 13.0 Å². The molecule has 0 spiro atoms. The molecule has 0 aromatic carbocycles. The van der Waals surface area contributed by atoms with E-state index in [4.69, 9.17) is 4.74 Å². The molecule has 0 saturated heterocycles. The van der Waals surface area contributed by atoms with E-state index in [1.165, 1.54) is 0 Å². The molecule has 6 nitrogen and oxygen atoms in total. The standard InChI is InChI=1S/C14H20N4O2/c1-14(2,3)20-10-13(19)15-8-7-12-17-16-11-6-4-5-9-18(11)12/h4-6,9H,7-8,10H2,1-3H3,(H,15,19). The molecule has 0 bridgehead atoms. The molecule has 0 radical (unpaired) electrons. The summed E-state index contributed by atoms with van der Waals surface area (Å²) in [5, 5.41) is 11.0. The Morgan fingerprint density at radius 3 is 2.90 bits per heavy atom. The van der Waals surface area contributed by atoms with Gasteiger partial charge >= 0.3 is 0 Å². The van der Waals surface area contributed by atoms with E-state index < -0.39 is 0 Å². The van der Waals surface area contributed by atoms with Crippen molar-refractivity contribution in [2.24, 2.45) is 0 Å². The van der Waals surface area contributed by atoms with E-state index in [9.17, 15) is 4.79 Å². The van der Waals surface area contributed by atoms with Gasteiger partial charge in [-0.25, -0.2) is 0 Å². The maximum Gasteiger partial charge on any atom is 0.246 e. The number of carbonyl (C=O) groups excluding carboxylic acids is 1. The molecule has 2 aromatic heterocycles. The summed E-state index contributed by atoms with van der Waals surface area (Å²) in [6.45, 7) is 6.35. The van der Waals surface area contributed by atoms with Gasteiger partial charge in [0.15, 0.2) is 5.65 Å². The number of fused-ring (bicyclic) bond motifs is 1. The molecule has 2 aromatic rings. The molecule has 0 aliphatic rings. The number of amides is 1. The number of nitrogens with zero attached hydrogens (tertiary/aromatic N) is 3. The van der Waals surface area contributed by atoms with E-state index in [1.807, 2.05) is 49.6 Å². The average molecular weight is 276 g/mol. The number of hydrogen-bond acceptors (Lipinski definition) is 4. The fourth-order valence-corrected chi connectivity index (χ4v) is 1.71. The van der Waals surface area contributed by atoms with Crippen molar-refractivity contribution in [3.8, 4) is 0 Å². The summed E-state index contributed by atoms with van der Waals surface area (Å²) in [5.74, 6) is 0.714. The van der Waals surface area contributed by atoms with Crippen molar-refractivity contribution in [1.29, 1.82) is 0 Å². The van der Waals surface area contributed by atoms with Crippen molar-refractivity contribution in [3.05, 3.63) is 30.2 Å². The van der Waals surface area contributed by atoms with Gasteiger partial charge in [-0.2, -0.15) is 0 Å². The molecule has 2 heterocycles. The topological polar surface area (TPSA) is 68.5 Å². The summed E-state index contributed by atoms with van der Waals surface area (Å²) < 4.78 is 7.32. The highest BCUT2D eigenvalue weighted by Gasteiger charge is 2.12. The molecule has 108 valence electrons. The zero-order valence-corrected chi connectivity index (χ0v) is 12.1. The van der Waals surface area contributed by atoms with Crippen LogP contribution in [0.25, 0.3) is 5.65 Å². The first-order chi connectivity index (χ1) is 9.46. The number of pyridine rings is 1. The Balaban J connectivity index is 1.80. The van der Waals surface area contributed by atoms with Crippen LogP contribution in [0.3, 0.4) is 0 Å². The van der Waals surface area contributed by atoms with Gasteiger partial charge in [0.1, 0.15) is 12.4 Å². The predicted molar refractivity (Wildman–Crippen MR) is 75.4 cm³/mol. The molecule has 1 amide bonds. The predicted octanol–water partition coefficient (Wildman–Crippen LogP) is 1.20. The Kier molecular flexibility index (Phi) is 4.34. The maximum atomic E-state index is 11.6. The zero-order chi connectivity index (χ0) is 14.6. The van der Waals surface area contributed by atoms with Gasteiger partial charge in [0.25, 0.3) is 0 Å². The number of ether oxygens (including phenoxy) is 1. The molecule has 0 atom stereocenters. The normalized spacial score (nSPS) is 11.8. The Hall–Kier alpha value is -1.95. The monoisotopic (exact) mass is 276 g/mol. The van der Waals surface area contributed by atoms with E-state index >= 15 is 0 Å². The first-order valence-electron chi connectivity index (χ1n) is 6.65. The van der Waals surface area contributed by atoms with Crippen molar-refractivity contribution in [3.63, 3.8) is 0 Å². The number of carbonyl (C=O) groups is 1. The Bertz CT molecular complexity index is 586. The third-order valence-corrected chi connectivity index (χ3v) is 2.69. The van der Waals surface area contributed by atoms with Gasteiger partial charge in [0, 0.05) is 19.2 Å². The molecule has 20 heavy (non-hydrogen) atoms. The molecular formula is C14H20N4O2. The van der Waals surface area contributed by atoms with Crippen LogP contribution < -0.4 is 5.32 Å². The average Bonchev–Trinajstić information content (AvgIpc) is 2.79. The van der Waals surface area contributed by atoms with Crippen molar-refractivity contribution >= 4 is 11.6 Å². The lowest BCUT2D eigenvalue weighted by Crippen LogP contribution is -2.33. The van der Waals surface area contributed by atoms with E-state index in [1.54, 1.807) is 0 Å². The smallest absolute Gasteiger partial charge is 0.246 e. The SMILES string of the molecule is CC(C)(C)OCC(=O)NCCc1nnc2ccccn12. The van der Waals surface area contributed by atoms with Gasteiger partial charge in [-0.1, -0.05) is 6.07 Å². The van der Waals surface area contributed by atoms with Crippen molar-refractivity contribution in [2.75, 3.05) is 13.2 Å². The van der Waals surface area contributed by atoms with E-state index in [-0.39, 0.29) is 18.1 Å². The molecule has 0 saturated carbocycles. The van der Waals surface area contributed by atoms with Crippen LogP contribution in [-0.4, -0.2) is 39.3 Å². The van der Waals surface area contributed by atoms with Crippen molar-refractivity contribution < 1.29 is 9.53 Å². The number of hydrogen-bond donors (Lipinski definition) is 1. The van der Waals surface area contributed by atoms with Crippen LogP contribution >= 0.6 is 0 Å². The van der Waals surface area contributed by atoms with E-state index in [0.717, 1.165) is 11.5 Å². The van der Waals surface area contributed by atoms with Gasteiger partial charge in [-0.15, -0.1) is 10.2 Å². The van der Waals surface area contributed by atoms with Gasteiger partial charge in [0.2, 0.25) is 5.91 Å². The van der Waals surface area contributed by atoms with Crippen LogP contribution in [0.15, 0.2) is 24.4 Å². The second-order valence-electron chi connectivity index (χ2n) is 5.55. The highest BCUT2D eigenvalue weighted by atomic mass is 16.5. The minimum Gasteiger partial charge on any atom is -0.366 e. The number of rotatable bonds is 5. The largest absolute Gasteiger partial charge is 0.366 e. The van der Waals surface area contributed by atoms with Gasteiger partial charge < -0.3 is 10.1 Å². The highest BCUT2D eigenvalue weighted by Crippen LogP contribution is 2.05. The molecule has 0 aliphatic heterocycles. The summed E-state index contributed by atoms with van der Waals surface area (Å²) in [5.41, 5.74) is 0.505. The second-order valence-corrected chi connectivity index (χ2v) is 5.55. The van der Waals surface area contributed by atoms with Crippen LogP contribution in [0.5, 0.6) is 0 Å². The maximum absolute atomic E-state index is 11.6. The van der Waals surface area contributed by atoms with E-state index in [2.05, 4.69) is 15.5 Å². The Morgan fingerprint density at radius 2 is 2.15 bits per heavy atom. The molecule has 1 N–H and O–H groups in total. The van der Waals surface area contributed by atoms with Gasteiger partial charge in [-0.05, 0) is 32.9 Å². The molecule has 0 aliphatic carbocycles. The molecule has 2 rings (SSSR count). The minimum atomic E-state index is -0.305. The number of aromatic nitrogens is 3. The van der Waals surface area contributed by atoms with Crippen LogP contribution in [0.1, 0.15) is 26.6 Å². The van der Waals surface area contributed by atoms with Crippen LogP contribution in [0.4, 0.5) is 0 Å². The van der Waals surface area contributed by atoms with Crippen molar-refractivity contribution in [2.45, 2.75) is 32.8 Å². The lowest BCUT2D eigenvalue weighted by molar-refractivity contribution is -0.130. The van der Waals surface area contributed by atoms with Crippen LogP contribution in [0.2, 0.25) is 0 Å². The summed E-state index contributed by atoms with van der Waals surface area (Å²) in [7, 11) is 0. The van der Waals surface area contributed by atoms with Crippen molar-refractivity contribution in [1.82, 2.24) is 19.9 Å². The quantitative estimate of drug-likeness (QED) is 0.891. The third kappa shape index (κ3) is 4.03. The summed E-state index contributed by atoms with van der Waals surface area (Å²) in [6.07, 6.45) is 2.54. The molecule has 0 fully saturated rings. The lowest BCUT2D eigenvalue weighted by atomic mass is 10.2. The second kappa shape index (κ2) is 6.00. The third-order valence-electron chi connectivity index (χ3n) is 2.69. The molecule has 6 heteroatoms. The summed E-state index contributed by atoms with van der Waals surface area (Å²) >= 11 is 0. The lowest BCUT2D eigenvalue weighted by Gasteiger charge is -2.18. The fourth-order valence-electron chi connectivity index (χ4n) is 1.71. The molecule has 0 unspecified atom stereocenters. The first kappa shape index (κ1) is 14.5. The highest BCUT2D eigenvalue weighted by molar-refractivity contribution is 5.77. The Labute approximate surface area is 118 Å². The molecular weight excluding hydrogens is 256 g/mol. The Morgan fingerprint density at radius 1 is 1.35 bits per heavy atom. The van der Waals surface area contributed by atoms with Gasteiger partial charge in [0.05, 0.1) is 5.60 Å². The number of nitrogens with one attached hydrogen (secondary N) is 1. The van der Waals surface area contributed by atoms with Crippen LogP contribution in [-0.2, 0) is 16.0 Å². The fraction of sp³-hybridized carbons (Fsp3) is 0.500. The zero-order valence-electron chi connectivity index (χ0n) is 12.1. The summed E-state index contributed by atoms with van der Waals surface area (Å²) in [4.78, 5) is 11.6. The first-order valence-corrected chi connectivity index (χ1v) is 6.65. The summed E-state index contributed by atoms with van der Waals surface area (Å²) in [6, 6.07) is 5.74. The van der Waals surface area contributed by atoms with Crippen LogP contribution in [0, 0.1) is 0 Å². The van der Waals surface area contributed by atoms with Gasteiger partial charge in [-0.3, -0.25) is 9.20 Å². The minimum absolute atomic E-state index is 0.0735.